The van der Waals surface area contributed by atoms with E-state index in [-0.39, 0.29) is 17.9 Å². The van der Waals surface area contributed by atoms with Crippen molar-refractivity contribution in [3.8, 4) is 0 Å². The number of benzene rings is 1. The van der Waals surface area contributed by atoms with Crippen molar-refractivity contribution in [1.82, 2.24) is 14.8 Å². The normalized spacial score (nSPS) is 16.4. The summed E-state index contributed by atoms with van der Waals surface area (Å²) in [4.78, 5) is 33.4. The molecule has 2 fully saturated rings. The van der Waals surface area contributed by atoms with Gasteiger partial charge >= 0.3 is 6.03 Å². The summed E-state index contributed by atoms with van der Waals surface area (Å²) in [5.74, 6) is 0.187. The minimum atomic E-state index is -0.158. The molecular weight excluding hydrogens is 406 g/mol. The molecule has 0 unspecified atom stereocenters. The van der Waals surface area contributed by atoms with Crippen LogP contribution in [0, 0.1) is 5.92 Å². The molecule has 32 heavy (non-hydrogen) atoms. The lowest BCUT2D eigenvalue weighted by atomic mass is 10.2. The third-order valence-corrected chi connectivity index (χ3v) is 5.75. The highest BCUT2D eigenvalue weighted by molar-refractivity contribution is 5.95. The monoisotopic (exact) mass is 437 g/mol. The second-order valence-corrected chi connectivity index (χ2v) is 8.36. The van der Waals surface area contributed by atoms with Gasteiger partial charge in [-0.15, -0.1) is 0 Å². The quantitative estimate of drug-likeness (QED) is 0.629. The molecule has 1 aromatic heterocycles. The van der Waals surface area contributed by atoms with Gasteiger partial charge in [0, 0.05) is 62.4 Å². The average Bonchev–Trinajstić information content (AvgIpc) is 3.66. The van der Waals surface area contributed by atoms with Crippen molar-refractivity contribution in [1.29, 1.82) is 0 Å². The molecule has 8 nitrogen and oxygen atoms in total. The molecule has 2 N–H and O–H groups in total. The van der Waals surface area contributed by atoms with Gasteiger partial charge in [-0.05, 0) is 55.2 Å². The summed E-state index contributed by atoms with van der Waals surface area (Å²) in [7, 11) is 0. The lowest BCUT2D eigenvalue weighted by Crippen LogP contribution is -2.40. The fraction of sp³-hybridized carbons (Fsp3) is 0.458. The van der Waals surface area contributed by atoms with Crippen LogP contribution in [0.3, 0.4) is 0 Å². The van der Waals surface area contributed by atoms with Gasteiger partial charge in [0.1, 0.15) is 0 Å². The number of rotatable bonds is 9. The summed E-state index contributed by atoms with van der Waals surface area (Å²) in [5.41, 5.74) is 2.40. The Labute approximate surface area is 188 Å². The Bertz CT molecular complexity index is 898. The van der Waals surface area contributed by atoms with Crippen molar-refractivity contribution in [2.45, 2.75) is 25.8 Å². The highest BCUT2D eigenvalue weighted by Gasteiger charge is 2.29. The summed E-state index contributed by atoms with van der Waals surface area (Å²) in [5, 5.41) is 5.93. The van der Waals surface area contributed by atoms with Gasteiger partial charge in [-0.2, -0.15) is 0 Å². The number of aromatic nitrogens is 1. The maximum absolute atomic E-state index is 13.1. The fourth-order valence-corrected chi connectivity index (χ4v) is 3.74. The molecule has 3 amide bonds. The van der Waals surface area contributed by atoms with E-state index in [1.54, 1.807) is 18.5 Å². The van der Waals surface area contributed by atoms with Crippen LogP contribution in [0.15, 0.2) is 48.8 Å². The van der Waals surface area contributed by atoms with E-state index in [9.17, 15) is 9.59 Å². The molecule has 170 valence electrons. The minimum absolute atomic E-state index is 0.0518. The van der Waals surface area contributed by atoms with Crippen molar-refractivity contribution in [2.75, 3.05) is 50.0 Å². The standard InChI is InChI=1S/C24H31N5O3/c30-23(20-5-6-20)26-21-3-1-4-22(17-21)27-24(31)29(18-19-7-9-25-10-8-19)12-2-11-28-13-15-32-16-14-28/h1,3-4,7-10,17,20H,2,5-6,11-16,18H2,(H,26,30)(H,27,31). The first-order valence-corrected chi connectivity index (χ1v) is 11.3. The van der Waals surface area contributed by atoms with Crippen molar-refractivity contribution < 1.29 is 14.3 Å². The molecule has 1 aromatic carbocycles. The highest BCUT2D eigenvalue weighted by Crippen LogP contribution is 2.30. The molecule has 1 aliphatic carbocycles. The van der Waals surface area contributed by atoms with Gasteiger partial charge in [0.25, 0.3) is 0 Å². The number of amides is 3. The van der Waals surface area contributed by atoms with E-state index in [1.165, 1.54) is 0 Å². The lowest BCUT2D eigenvalue weighted by Gasteiger charge is -2.28. The first kappa shape index (κ1) is 22.2. The minimum Gasteiger partial charge on any atom is -0.379 e. The number of anilines is 2. The van der Waals surface area contributed by atoms with Gasteiger partial charge in [0.15, 0.2) is 0 Å². The summed E-state index contributed by atoms with van der Waals surface area (Å²) in [6.45, 7) is 5.51. The Balaban J connectivity index is 1.36. The number of morpholine rings is 1. The Morgan fingerprint density at radius 2 is 1.78 bits per heavy atom. The largest absolute Gasteiger partial charge is 0.379 e. The van der Waals surface area contributed by atoms with Crippen molar-refractivity contribution in [3.05, 3.63) is 54.4 Å². The third-order valence-electron chi connectivity index (χ3n) is 5.75. The van der Waals surface area contributed by atoms with Crippen LogP contribution in [0.5, 0.6) is 0 Å². The number of carbonyl (C=O) groups is 2. The molecule has 4 rings (SSSR count). The summed E-state index contributed by atoms with van der Waals surface area (Å²) >= 11 is 0. The molecular formula is C24H31N5O3. The number of pyridine rings is 1. The molecule has 0 radical (unpaired) electrons. The number of urea groups is 1. The van der Waals surface area contributed by atoms with E-state index in [0.29, 0.717) is 24.5 Å². The predicted molar refractivity (Wildman–Crippen MR) is 123 cm³/mol. The van der Waals surface area contributed by atoms with Crippen LogP contribution < -0.4 is 10.6 Å². The second-order valence-electron chi connectivity index (χ2n) is 8.36. The van der Waals surface area contributed by atoms with Gasteiger partial charge in [0.05, 0.1) is 13.2 Å². The summed E-state index contributed by atoms with van der Waals surface area (Å²) in [6.07, 6.45) is 6.28. The van der Waals surface area contributed by atoms with Crippen LogP contribution in [-0.4, -0.2) is 66.1 Å². The Kier molecular flexibility index (Phi) is 7.68. The number of hydrogen-bond donors (Lipinski definition) is 2. The summed E-state index contributed by atoms with van der Waals surface area (Å²) in [6, 6.07) is 11.0. The second kappa shape index (κ2) is 11.1. The molecule has 1 aliphatic heterocycles. The molecule has 1 saturated heterocycles. The zero-order valence-electron chi connectivity index (χ0n) is 18.3. The molecule has 2 heterocycles. The molecule has 0 atom stereocenters. The molecule has 8 heteroatoms. The van der Waals surface area contributed by atoms with Gasteiger partial charge in [0.2, 0.25) is 5.91 Å². The van der Waals surface area contributed by atoms with E-state index in [1.807, 2.05) is 35.2 Å². The molecule has 0 spiro atoms. The van der Waals surface area contributed by atoms with Crippen LogP contribution in [0.25, 0.3) is 0 Å². The SMILES string of the molecule is O=C(Nc1cccc(NC(=O)N(CCCN2CCOCC2)Cc2ccncc2)c1)C1CC1. The lowest BCUT2D eigenvalue weighted by molar-refractivity contribution is -0.117. The smallest absolute Gasteiger partial charge is 0.322 e. The first-order chi connectivity index (χ1) is 15.7. The topological polar surface area (TPSA) is 86.8 Å². The van der Waals surface area contributed by atoms with Crippen molar-refractivity contribution in [3.63, 3.8) is 0 Å². The first-order valence-electron chi connectivity index (χ1n) is 11.3. The number of nitrogens with one attached hydrogen (secondary N) is 2. The fourth-order valence-electron chi connectivity index (χ4n) is 3.74. The Morgan fingerprint density at radius 3 is 2.50 bits per heavy atom. The maximum atomic E-state index is 13.1. The number of nitrogens with zero attached hydrogens (tertiary/aromatic N) is 3. The van der Waals surface area contributed by atoms with E-state index < -0.39 is 0 Å². The Morgan fingerprint density at radius 1 is 1.06 bits per heavy atom. The van der Waals surface area contributed by atoms with Crippen LogP contribution >= 0.6 is 0 Å². The van der Waals surface area contributed by atoms with Gasteiger partial charge in [-0.25, -0.2) is 4.79 Å². The summed E-state index contributed by atoms with van der Waals surface area (Å²) < 4.78 is 5.41. The van der Waals surface area contributed by atoms with Crippen molar-refractivity contribution in [2.24, 2.45) is 5.92 Å². The Hall–Kier alpha value is -2.97. The highest BCUT2D eigenvalue weighted by atomic mass is 16.5. The van der Waals surface area contributed by atoms with Crippen LogP contribution in [-0.2, 0) is 16.1 Å². The van der Waals surface area contributed by atoms with E-state index >= 15 is 0 Å². The van der Waals surface area contributed by atoms with Gasteiger partial charge < -0.3 is 20.3 Å². The average molecular weight is 438 g/mol. The molecule has 1 saturated carbocycles. The van der Waals surface area contributed by atoms with Crippen LogP contribution in [0.1, 0.15) is 24.8 Å². The van der Waals surface area contributed by atoms with E-state index in [0.717, 1.165) is 57.7 Å². The zero-order valence-corrected chi connectivity index (χ0v) is 18.3. The van der Waals surface area contributed by atoms with Crippen LogP contribution in [0.4, 0.5) is 16.2 Å². The van der Waals surface area contributed by atoms with Crippen LogP contribution in [0.2, 0.25) is 0 Å². The number of ether oxygens (including phenoxy) is 1. The molecule has 2 aromatic rings. The van der Waals surface area contributed by atoms with E-state index in [2.05, 4.69) is 20.5 Å². The van der Waals surface area contributed by atoms with E-state index in [4.69, 9.17) is 4.74 Å². The third kappa shape index (κ3) is 6.77. The number of carbonyl (C=O) groups excluding carboxylic acids is 2. The maximum Gasteiger partial charge on any atom is 0.322 e. The van der Waals surface area contributed by atoms with Gasteiger partial charge in [-0.3, -0.25) is 14.7 Å². The van der Waals surface area contributed by atoms with Crippen molar-refractivity contribution >= 4 is 23.3 Å². The number of hydrogen-bond acceptors (Lipinski definition) is 5. The molecule has 2 aliphatic rings. The van der Waals surface area contributed by atoms with Gasteiger partial charge in [-0.1, -0.05) is 6.07 Å². The molecule has 0 bridgehead atoms. The zero-order chi connectivity index (χ0) is 22.2. The predicted octanol–water partition coefficient (Wildman–Crippen LogP) is 3.19.